The molecular weight excluding hydrogens is 550 g/mol. The van der Waals surface area contributed by atoms with Crippen molar-refractivity contribution in [1.82, 2.24) is 14.8 Å². The van der Waals surface area contributed by atoms with Gasteiger partial charge in [0.15, 0.2) is 17.8 Å². The first kappa shape index (κ1) is 28.1. The molecule has 4 rings (SSSR count). The predicted octanol–water partition coefficient (Wildman–Crippen LogP) is 2.52. The molecule has 0 spiro atoms. The standard InChI is InChI=1S/C21H27ClN4O9P2/c1-11-3-5-13(6-4-11)12(2)24-15-7-17(22)25-20-14(15)8-23-26(20)21-19(28)18(27)16(35-21)9-34-37(32,33)10-36(29,30)31/h3-8,12,16,18-19,21,27-28H,9-10H2,1-2H3,(H,24,25)(H,32,33)(H2,29,30,31)/t12-,16+,18+,19+,21+/m0/s1. The van der Waals surface area contributed by atoms with Crippen molar-refractivity contribution < 1.29 is 43.3 Å². The summed E-state index contributed by atoms with van der Waals surface area (Å²) in [5, 5.41) is 29.4. The van der Waals surface area contributed by atoms with Crippen molar-refractivity contribution in [3.8, 4) is 0 Å². The van der Waals surface area contributed by atoms with Gasteiger partial charge in [-0.1, -0.05) is 41.4 Å². The highest BCUT2D eigenvalue weighted by Crippen LogP contribution is 2.55. The van der Waals surface area contributed by atoms with Crippen molar-refractivity contribution in [2.24, 2.45) is 0 Å². The van der Waals surface area contributed by atoms with Gasteiger partial charge in [0, 0.05) is 6.04 Å². The molecule has 0 aliphatic carbocycles. The molecule has 2 aromatic heterocycles. The van der Waals surface area contributed by atoms with Crippen LogP contribution in [0.15, 0.2) is 36.5 Å². The van der Waals surface area contributed by atoms with Gasteiger partial charge in [-0.25, -0.2) is 9.67 Å². The van der Waals surface area contributed by atoms with Crippen molar-refractivity contribution in [1.29, 1.82) is 0 Å². The number of nitrogens with zero attached hydrogens (tertiary/aromatic N) is 3. The summed E-state index contributed by atoms with van der Waals surface area (Å²) in [5.41, 5.74) is 3.05. The Morgan fingerprint density at radius 2 is 1.86 bits per heavy atom. The molecule has 1 aromatic carbocycles. The van der Waals surface area contributed by atoms with E-state index in [0.29, 0.717) is 11.1 Å². The number of pyridine rings is 1. The molecule has 3 heterocycles. The van der Waals surface area contributed by atoms with Crippen LogP contribution in [0.25, 0.3) is 11.0 Å². The van der Waals surface area contributed by atoms with Gasteiger partial charge >= 0.3 is 15.2 Å². The number of fused-ring (bicyclic) bond motifs is 1. The first-order valence-electron chi connectivity index (χ1n) is 11.1. The van der Waals surface area contributed by atoms with Crippen LogP contribution in [0.2, 0.25) is 5.15 Å². The maximum atomic E-state index is 11.9. The number of anilines is 1. The molecule has 1 fully saturated rings. The van der Waals surface area contributed by atoms with Gasteiger partial charge in [-0.05, 0) is 25.5 Å². The van der Waals surface area contributed by atoms with Crippen molar-refractivity contribution in [2.45, 2.75) is 44.4 Å². The van der Waals surface area contributed by atoms with Gasteiger partial charge in [-0.15, -0.1) is 0 Å². The van der Waals surface area contributed by atoms with Crippen LogP contribution in [0.4, 0.5) is 5.69 Å². The topological polar surface area (TPSA) is 196 Å². The van der Waals surface area contributed by atoms with Gasteiger partial charge in [0.25, 0.3) is 0 Å². The van der Waals surface area contributed by atoms with E-state index in [2.05, 4.69) is 15.4 Å². The molecule has 13 nitrogen and oxygen atoms in total. The van der Waals surface area contributed by atoms with E-state index < -0.39 is 52.2 Å². The van der Waals surface area contributed by atoms with E-state index in [1.54, 1.807) is 6.07 Å². The zero-order chi connectivity index (χ0) is 27.1. The molecular formula is C21H27ClN4O9P2. The van der Waals surface area contributed by atoms with Crippen molar-refractivity contribution in [3.63, 3.8) is 0 Å². The smallest absolute Gasteiger partial charge is 0.340 e. The van der Waals surface area contributed by atoms with Gasteiger partial charge in [0.05, 0.1) is 23.9 Å². The summed E-state index contributed by atoms with van der Waals surface area (Å²) < 4.78 is 34.6. The molecule has 0 amide bonds. The van der Waals surface area contributed by atoms with Crippen molar-refractivity contribution in [3.05, 3.63) is 52.8 Å². The maximum absolute atomic E-state index is 11.9. The first-order valence-corrected chi connectivity index (χ1v) is 15.1. The second kappa shape index (κ2) is 10.7. The van der Waals surface area contributed by atoms with E-state index in [1.165, 1.54) is 10.9 Å². The largest absolute Gasteiger partial charge is 0.387 e. The molecule has 1 aliphatic rings. The minimum Gasteiger partial charge on any atom is -0.387 e. The Balaban J connectivity index is 1.55. The third kappa shape index (κ3) is 6.58. The number of rotatable bonds is 9. The number of aliphatic hydroxyl groups is 2. The molecule has 1 unspecified atom stereocenters. The summed E-state index contributed by atoms with van der Waals surface area (Å²) in [6.07, 6.45) is -4.14. The number of aryl methyl sites for hydroxylation is 1. The van der Waals surface area contributed by atoms with Crippen LogP contribution in [0.1, 0.15) is 30.3 Å². The van der Waals surface area contributed by atoms with Crippen molar-refractivity contribution >= 4 is 43.5 Å². The number of ether oxygens (including phenoxy) is 1. The van der Waals surface area contributed by atoms with Gasteiger partial charge in [-0.2, -0.15) is 5.10 Å². The van der Waals surface area contributed by atoms with E-state index in [-0.39, 0.29) is 16.8 Å². The molecule has 1 saturated heterocycles. The minimum atomic E-state index is -4.83. The van der Waals surface area contributed by atoms with Gasteiger partial charge < -0.3 is 39.5 Å². The molecule has 1 aliphatic heterocycles. The van der Waals surface area contributed by atoms with Crippen LogP contribution in [0, 0.1) is 6.92 Å². The number of aliphatic hydroxyl groups excluding tert-OH is 2. The number of benzene rings is 1. The fraction of sp³-hybridized carbons (Fsp3) is 0.429. The fourth-order valence-electron chi connectivity index (χ4n) is 4.00. The van der Waals surface area contributed by atoms with E-state index >= 15 is 0 Å². The van der Waals surface area contributed by atoms with Crippen LogP contribution >= 0.6 is 26.8 Å². The SMILES string of the molecule is Cc1ccc([C@H](C)Nc2cc(Cl)nc3c2cnn3[C@@H]2O[C@H](COP(=O)(O)CP(=O)(O)O)[C@@H](O)[C@H]2O)cc1. The lowest BCUT2D eigenvalue weighted by Crippen LogP contribution is -2.33. The quantitative estimate of drug-likeness (QED) is 0.161. The lowest BCUT2D eigenvalue weighted by molar-refractivity contribution is -0.0541. The maximum Gasteiger partial charge on any atom is 0.340 e. The summed E-state index contributed by atoms with van der Waals surface area (Å²) in [6.45, 7) is 3.27. The van der Waals surface area contributed by atoms with Crippen LogP contribution in [0.5, 0.6) is 0 Å². The molecule has 6 N–H and O–H groups in total. The Kier molecular flexibility index (Phi) is 8.14. The molecule has 6 atom stereocenters. The highest BCUT2D eigenvalue weighted by atomic mass is 35.5. The predicted molar refractivity (Wildman–Crippen MR) is 134 cm³/mol. The zero-order valence-corrected chi connectivity index (χ0v) is 22.3. The molecule has 3 aromatic rings. The average molecular weight is 577 g/mol. The van der Waals surface area contributed by atoms with Crippen LogP contribution in [-0.2, 0) is 18.4 Å². The molecule has 0 saturated carbocycles. The Labute approximate surface area is 216 Å². The number of hydrogen-bond acceptors (Lipinski definition) is 9. The fourth-order valence-corrected chi connectivity index (χ4v) is 6.76. The zero-order valence-electron chi connectivity index (χ0n) is 19.7. The summed E-state index contributed by atoms with van der Waals surface area (Å²) in [5.74, 6) is -1.39. The monoisotopic (exact) mass is 576 g/mol. The van der Waals surface area contributed by atoms with E-state index in [0.717, 1.165) is 11.1 Å². The number of nitrogens with one attached hydrogen (secondary N) is 1. The Hall–Kier alpha value is -1.89. The van der Waals surface area contributed by atoms with Gasteiger partial charge in [-0.3, -0.25) is 9.13 Å². The van der Waals surface area contributed by atoms with Gasteiger partial charge in [0.2, 0.25) is 0 Å². The second-order valence-corrected chi connectivity index (χ2v) is 13.3. The van der Waals surface area contributed by atoms with E-state index in [9.17, 15) is 24.2 Å². The van der Waals surface area contributed by atoms with Crippen LogP contribution < -0.4 is 5.32 Å². The molecule has 202 valence electrons. The second-order valence-electron chi connectivity index (χ2n) is 8.88. The molecule has 16 heteroatoms. The lowest BCUT2D eigenvalue weighted by Gasteiger charge is -2.18. The Bertz CT molecular complexity index is 1370. The summed E-state index contributed by atoms with van der Waals surface area (Å²) in [7, 11) is -9.51. The third-order valence-electron chi connectivity index (χ3n) is 5.87. The molecule has 0 bridgehead atoms. The lowest BCUT2D eigenvalue weighted by atomic mass is 10.1. The highest BCUT2D eigenvalue weighted by Gasteiger charge is 2.46. The molecule has 37 heavy (non-hydrogen) atoms. The van der Waals surface area contributed by atoms with Crippen LogP contribution in [-0.4, -0.2) is 70.5 Å². The Morgan fingerprint density at radius 3 is 2.51 bits per heavy atom. The molecule has 0 radical (unpaired) electrons. The summed E-state index contributed by atoms with van der Waals surface area (Å²) in [4.78, 5) is 31.8. The number of hydrogen-bond donors (Lipinski definition) is 6. The minimum absolute atomic E-state index is 0.0930. The average Bonchev–Trinajstić information content (AvgIpc) is 3.32. The highest BCUT2D eigenvalue weighted by molar-refractivity contribution is 7.70. The number of aromatic nitrogens is 3. The summed E-state index contributed by atoms with van der Waals surface area (Å²) in [6, 6.07) is 9.57. The normalized spacial score (nSPS) is 24.8. The summed E-state index contributed by atoms with van der Waals surface area (Å²) >= 11 is 6.27. The third-order valence-corrected chi connectivity index (χ3v) is 9.52. The van der Waals surface area contributed by atoms with Crippen LogP contribution in [0.3, 0.4) is 0 Å². The Morgan fingerprint density at radius 1 is 1.19 bits per heavy atom. The van der Waals surface area contributed by atoms with E-state index in [1.807, 2.05) is 38.1 Å². The first-order chi connectivity index (χ1) is 17.2. The number of halogens is 1. The van der Waals surface area contributed by atoms with Gasteiger partial charge in [0.1, 0.15) is 23.5 Å². The van der Waals surface area contributed by atoms with E-state index in [4.69, 9.17) is 30.6 Å². The van der Waals surface area contributed by atoms with Crippen molar-refractivity contribution in [2.75, 3.05) is 17.8 Å².